The maximum Gasteiger partial charge on any atom is 0.116 e. The van der Waals surface area contributed by atoms with Crippen LogP contribution in [0.5, 0.6) is 5.75 Å². The predicted molar refractivity (Wildman–Crippen MR) is 182 cm³/mol. The number of aryl methyl sites for hydroxylation is 2. The molecule has 0 saturated carbocycles. The lowest BCUT2D eigenvalue weighted by atomic mass is 9.96. The summed E-state index contributed by atoms with van der Waals surface area (Å²) in [4.78, 5) is 2.31. The molecule has 0 radical (unpaired) electrons. The molecule has 6 rings (SSSR count). The Labute approximate surface area is 252 Å². The Morgan fingerprint density at radius 3 is 2.09 bits per heavy atom. The molecule has 0 fully saturated rings. The lowest BCUT2D eigenvalue weighted by Crippen LogP contribution is -2.12. The maximum atomic E-state index is 9.94. The molecule has 0 aromatic heterocycles. The van der Waals surface area contributed by atoms with Crippen LogP contribution in [0, 0.1) is 25.2 Å². The van der Waals surface area contributed by atoms with Gasteiger partial charge in [-0.15, -0.1) is 0 Å². The quantitative estimate of drug-likeness (QED) is 0.164. The minimum Gasteiger partial charge on any atom is -0.508 e. The monoisotopic (exact) mass is 556 g/mol. The third-order valence-electron chi connectivity index (χ3n) is 7.86. The minimum atomic E-state index is 0.160. The number of allylic oxidation sites excluding steroid dienone is 1. The van der Waals surface area contributed by atoms with E-state index in [0.717, 1.165) is 49.7 Å². The second-order valence-electron chi connectivity index (χ2n) is 10.9. The van der Waals surface area contributed by atoms with Crippen molar-refractivity contribution in [1.82, 2.24) is 0 Å². The molecule has 0 atom stereocenters. The van der Waals surface area contributed by atoms with Gasteiger partial charge in [0.2, 0.25) is 0 Å². The number of rotatable bonds is 6. The molecule has 3 heteroatoms. The highest BCUT2D eigenvalue weighted by Crippen LogP contribution is 2.38. The van der Waals surface area contributed by atoms with Crippen molar-refractivity contribution in [3.8, 4) is 11.8 Å². The Morgan fingerprint density at radius 2 is 1.37 bits per heavy atom. The first-order chi connectivity index (χ1) is 20.9. The van der Waals surface area contributed by atoms with Gasteiger partial charge in [0.05, 0.1) is 11.3 Å². The van der Waals surface area contributed by atoms with Crippen molar-refractivity contribution in [1.29, 1.82) is 5.26 Å². The molecule has 6 aromatic carbocycles. The van der Waals surface area contributed by atoms with E-state index in [1.54, 1.807) is 12.1 Å². The van der Waals surface area contributed by atoms with Crippen molar-refractivity contribution < 1.29 is 5.11 Å². The summed E-state index contributed by atoms with van der Waals surface area (Å²) in [5.74, 6) is 0.160. The number of phenolic OH excluding ortho intramolecular Hbond substituents is 1. The SMILES string of the molecule is C/C=C\c1c(C)cccc1N(c1ccc(C)cc1)c1ccc(C=Cc2ccc3c(C#N)c4cc(O)ccc4cc3c2)cc1. The van der Waals surface area contributed by atoms with Crippen LogP contribution in [0.2, 0.25) is 0 Å². The number of aromatic hydroxyl groups is 1. The van der Waals surface area contributed by atoms with E-state index in [1.807, 2.05) is 18.2 Å². The number of hydrogen-bond donors (Lipinski definition) is 1. The first-order valence-corrected chi connectivity index (χ1v) is 14.4. The highest BCUT2D eigenvalue weighted by molar-refractivity contribution is 6.05. The summed E-state index contributed by atoms with van der Waals surface area (Å²) in [5, 5.41) is 23.4. The van der Waals surface area contributed by atoms with Crippen LogP contribution in [0.25, 0.3) is 39.8 Å². The fraction of sp³-hybridized carbons (Fsp3) is 0.0750. The van der Waals surface area contributed by atoms with Crippen LogP contribution in [0.4, 0.5) is 17.1 Å². The molecule has 1 N–H and O–H groups in total. The minimum absolute atomic E-state index is 0.160. The summed E-state index contributed by atoms with van der Waals surface area (Å²) < 4.78 is 0. The lowest BCUT2D eigenvalue weighted by Gasteiger charge is -2.28. The van der Waals surface area contributed by atoms with Crippen LogP contribution >= 0.6 is 0 Å². The van der Waals surface area contributed by atoms with Gasteiger partial charge in [0.25, 0.3) is 0 Å². The molecule has 6 aromatic rings. The smallest absolute Gasteiger partial charge is 0.116 e. The summed E-state index contributed by atoms with van der Waals surface area (Å²) in [7, 11) is 0. The van der Waals surface area contributed by atoms with Crippen LogP contribution in [-0.2, 0) is 0 Å². The Balaban J connectivity index is 1.34. The third kappa shape index (κ3) is 5.52. The van der Waals surface area contributed by atoms with Crippen molar-refractivity contribution in [3.63, 3.8) is 0 Å². The fourth-order valence-corrected chi connectivity index (χ4v) is 5.64. The van der Waals surface area contributed by atoms with E-state index in [4.69, 9.17) is 0 Å². The number of anilines is 3. The summed E-state index contributed by atoms with van der Waals surface area (Å²) in [5.41, 5.74) is 9.73. The van der Waals surface area contributed by atoms with E-state index in [1.165, 1.54) is 16.7 Å². The zero-order chi connectivity index (χ0) is 29.9. The second-order valence-corrected chi connectivity index (χ2v) is 10.9. The van der Waals surface area contributed by atoms with E-state index in [2.05, 4.69) is 135 Å². The molecule has 0 bridgehead atoms. The number of nitrogens with zero attached hydrogens (tertiary/aromatic N) is 2. The van der Waals surface area contributed by atoms with Gasteiger partial charge in [-0.3, -0.25) is 0 Å². The van der Waals surface area contributed by atoms with Gasteiger partial charge in [-0.25, -0.2) is 0 Å². The number of fused-ring (bicyclic) bond motifs is 2. The molecule has 0 saturated heterocycles. The second kappa shape index (κ2) is 11.7. The van der Waals surface area contributed by atoms with Gasteiger partial charge >= 0.3 is 0 Å². The van der Waals surface area contributed by atoms with Crippen LogP contribution in [0.1, 0.15) is 40.3 Å². The van der Waals surface area contributed by atoms with Crippen molar-refractivity contribution in [2.24, 2.45) is 0 Å². The van der Waals surface area contributed by atoms with Gasteiger partial charge in [0, 0.05) is 27.7 Å². The molecule has 0 amide bonds. The highest BCUT2D eigenvalue weighted by Gasteiger charge is 2.16. The summed E-state index contributed by atoms with van der Waals surface area (Å²) in [6, 6.07) is 39.4. The maximum absolute atomic E-state index is 9.94. The molecular formula is C40H32N2O. The normalized spacial score (nSPS) is 11.5. The Hall–Kier alpha value is -5.59. The standard InChI is InChI=1S/C40H32N2O/c1-4-6-36-28(3)7-5-8-40(36)42(33-17-9-27(2)10-18-33)34-19-13-29(14-20-34)11-12-30-15-22-37-32(23-30)24-31-16-21-35(43)25-38(31)39(37)26-41/h4-25,43H,1-3H3/b6-4-,12-11?. The zero-order valence-corrected chi connectivity index (χ0v) is 24.5. The van der Waals surface area contributed by atoms with E-state index in [9.17, 15) is 10.4 Å². The number of benzene rings is 6. The summed E-state index contributed by atoms with van der Waals surface area (Å²) in [6.07, 6.45) is 8.49. The van der Waals surface area contributed by atoms with E-state index in [-0.39, 0.29) is 5.75 Å². The fourth-order valence-electron chi connectivity index (χ4n) is 5.64. The Bertz CT molecular complexity index is 2060. The molecule has 0 unspecified atom stereocenters. The molecule has 0 aliphatic carbocycles. The topological polar surface area (TPSA) is 47.3 Å². The van der Waals surface area contributed by atoms with E-state index < -0.39 is 0 Å². The van der Waals surface area contributed by atoms with Gasteiger partial charge in [-0.1, -0.05) is 84.5 Å². The molecule has 0 aliphatic heterocycles. The summed E-state index contributed by atoms with van der Waals surface area (Å²) in [6.45, 7) is 6.32. The number of hydrogen-bond acceptors (Lipinski definition) is 3. The Morgan fingerprint density at radius 1 is 0.674 bits per heavy atom. The first-order valence-electron chi connectivity index (χ1n) is 14.4. The Kier molecular flexibility index (Phi) is 7.52. The highest BCUT2D eigenvalue weighted by atomic mass is 16.3. The number of nitriles is 1. The third-order valence-corrected chi connectivity index (χ3v) is 7.86. The molecule has 0 aliphatic rings. The van der Waals surface area contributed by atoms with Crippen LogP contribution in [0.15, 0.2) is 115 Å². The predicted octanol–water partition coefficient (Wildman–Crippen LogP) is 10.9. The van der Waals surface area contributed by atoms with Crippen molar-refractivity contribution in [3.05, 3.63) is 149 Å². The average Bonchev–Trinajstić information content (AvgIpc) is 3.02. The average molecular weight is 557 g/mol. The van der Waals surface area contributed by atoms with Gasteiger partial charge in [0.1, 0.15) is 11.8 Å². The molecule has 43 heavy (non-hydrogen) atoms. The van der Waals surface area contributed by atoms with Crippen molar-refractivity contribution >= 4 is 56.8 Å². The number of phenols is 1. The van der Waals surface area contributed by atoms with Crippen LogP contribution < -0.4 is 4.90 Å². The molecule has 0 heterocycles. The van der Waals surface area contributed by atoms with Crippen LogP contribution in [-0.4, -0.2) is 5.11 Å². The molecular weight excluding hydrogens is 524 g/mol. The summed E-state index contributed by atoms with van der Waals surface area (Å²) >= 11 is 0. The molecule has 3 nitrogen and oxygen atoms in total. The lowest BCUT2D eigenvalue weighted by molar-refractivity contribution is 0.476. The van der Waals surface area contributed by atoms with Gasteiger partial charge < -0.3 is 10.0 Å². The molecule has 208 valence electrons. The molecule has 0 spiro atoms. The van der Waals surface area contributed by atoms with E-state index in [0.29, 0.717) is 5.56 Å². The van der Waals surface area contributed by atoms with Crippen LogP contribution in [0.3, 0.4) is 0 Å². The van der Waals surface area contributed by atoms with Crippen molar-refractivity contribution in [2.45, 2.75) is 20.8 Å². The van der Waals surface area contributed by atoms with Crippen molar-refractivity contribution in [2.75, 3.05) is 4.90 Å². The van der Waals surface area contributed by atoms with E-state index >= 15 is 0 Å². The van der Waals surface area contributed by atoms with Gasteiger partial charge in [0.15, 0.2) is 0 Å². The van der Waals surface area contributed by atoms with Gasteiger partial charge in [-0.2, -0.15) is 5.26 Å². The zero-order valence-electron chi connectivity index (χ0n) is 24.5. The van der Waals surface area contributed by atoms with Gasteiger partial charge in [-0.05, 0) is 103 Å². The largest absolute Gasteiger partial charge is 0.508 e. The first kappa shape index (κ1) is 27.6.